The number of benzene rings is 1. The minimum Gasteiger partial charge on any atom is -0.461 e. The normalized spacial score (nSPS) is 12.1. The van der Waals surface area contributed by atoms with Crippen LogP contribution in [-0.2, 0) is 22.5 Å². The third kappa shape index (κ3) is 4.24. The van der Waals surface area contributed by atoms with Gasteiger partial charge in [-0.05, 0) is 56.0 Å². The molecule has 0 saturated carbocycles. The van der Waals surface area contributed by atoms with Crippen LogP contribution in [0.25, 0.3) is 0 Å². The molecule has 2 N–H and O–H groups in total. The smallest absolute Gasteiger partial charge is 0.355 e. The number of ether oxygens (including phenoxy) is 3. The van der Waals surface area contributed by atoms with Crippen molar-refractivity contribution in [3.63, 3.8) is 0 Å². The quantitative estimate of drug-likeness (QED) is 0.730. The summed E-state index contributed by atoms with van der Waals surface area (Å²) in [4.78, 5) is 27.2. The van der Waals surface area contributed by atoms with Gasteiger partial charge in [-0.1, -0.05) is 6.07 Å². The molecule has 0 radical (unpaired) electrons. The molecule has 1 aromatic heterocycles. The Labute approximate surface area is 158 Å². The number of aromatic amines is 1. The summed E-state index contributed by atoms with van der Waals surface area (Å²) in [5, 5.41) is 2.91. The summed E-state index contributed by atoms with van der Waals surface area (Å²) in [6.45, 7) is 6.52. The van der Waals surface area contributed by atoms with Crippen LogP contribution in [0.1, 0.15) is 46.2 Å². The van der Waals surface area contributed by atoms with Gasteiger partial charge >= 0.3 is 5.97 Å². The Morgan fingerprint density at radius 1 is 1.22 bits per heavy atom. The number of aromatic nitrogens is 1. The fourth-order valence-corrected chi connectivity index (χ4v) is 3.15. The van der Waals surface area contributed by atoms with Gasteiger partial charge in [0.15, 0.2) is 11.5 Å². The van der Waals surface area contributed by atoms with Gasteiger partial charge in [0.05, 0.1) is 6.61 Å². The molecule has 3 rings (SSSR count). The lowest BCUT2D eigenvalue weighted by Crippen LogP contribution is -2.23. The lowest BCUT2D eigenvalue weighted by Gasteiger charge is -2.07. The van der Waals surface area contributed by atoms with Gasteiger partial charge in [-0.2, -0.15) is 0 Å². The van der Waals surface area contributed by atoms with Crippen molar-refractivity contribution in [2.24, 2.45) is 0 Å². The number of hydrogen-bond donors (Lipinski definition) is 2. The predicted octanol–water partition coefficient (Wildman–Crippen LogP) is 2.79. The fourth-order valence-electron chi connectivity index (χ4n) is 3.15. The van der Waals surface area contributed by atoms with Gasteiger partial charge in [0, 0.05) is 18.7 Å². The van der Waals surface area contributed by atoms with Gasteiger partial charge in [-0.3, -0.25) is 4.79 Å². The zero-order valence-corrected chi connectivity index (χ0v) is 15.8. The molecule has 0 aliphatic carbocycles. The molecule has 144 valence electrons. The van der Waals surface area contributed by atoms with Crippen LogP contribution in [-0.4, -0.2) is 30.3 Å². The van der Waals surface area contributed by atoms with E-state index < -0.39 is 0 Å². The van der Waals surface area contributed by atoms with E-state index in [4.69, 9.17) is 14.2 Å². The van der Waals surface area contributed by atoms with Gasteiger partial charge in [0.2, 0.25) is 12.7 Å². The predicted molar refractivity (Wildman–Crippen MR) is 99.0 cm³/mol. The van der Waals surface area contributed by atoms with Crippen molar-refractivity contribution in [2.75, 3.05) is 13.4 Å². The summed E-state index contributed by atoms with van der Waals surface area (Å²) >= 11 is 0. The molecule has 7 heteroatoms. The van der Waals surface area contributed by atoms with Crippen molar-refractivity contribution >= 4 is 11.9 Å². The van der Waals surface area contributed by atoms with E-state index in [-0.39, 0.29) is 18.7 Å². The standard InChI is InChI=1S/C20H24N2O5/c1-4-25-20(24)19-12(2)15(13(3)22-19)6-8-18(23)21-10-14-5-7-16-17(9-14)27-11-26-16/h5,7,9,22H,4,6,8,10-11H2,1-3H3,(H,21,23). The van der Waals surface area contributed by atoms with Crippen molar-refractivity contribution in [2.45, 2.75) is 40.2 Å². The molecule has 1 aliphatic rings. The third-order valence-electron chi connectivity index (χ3n) is 4.60. The lowest BCUT2D eigenvalue weighted by molar-refractivity contribution is -0.121. The molecule has 2 aromatic rings. The van der Waals surface area contributed by atoms with E-state index in [9.17, 15) is 9.59 Å². The van der Waals surface area contributed by atoms with E-state index in [2.05, 4.69) is 10.3 Å². The van der Waals surface area contributed by atoms with Crippen LogP contribution in [0.2, 0.25) is 0 Å². The summed E-state index contributed by atoms with van der Waals surface area (Å²) in [7, 11) is 0. The molecular weight excluding hydrogens is 348 g/mol. The Morgan fingerprint density at radius 2 is 2.00 bits per heavy atom. The van der Waals surface area contributed by atoms with Crippen LogP contribution in [0.5, 0.6) is 11.5 Å². The van der Waals surface area contributed by atoms with E-state index in [0.717, 1.165) is 28.1 Å². The Bertz CT molecular complexity index is 856. The first-order chi connectivity index (χ1) is 13.0. The van der Waals surface area contributed by atoms with E-state index in [1.165, 1.54) is 0 Å². The highest BCUT2D eigenvalue weighted by Crippen LogP contribution is 2.32. The van der Waals surface area contributed by atoms with Crippen LogP contribution >= 0.6 is 0 Å². The Morgan fingerprint density at radius 3 is 2.78 bits per heavy atom. The average Bonchev–Trinajstić information content (AvgIpc) is 3.22. The number of carbonyl (C=O) groups excluding carboxylic acids is 2. The molecule has 0 atom stereocenters. The number of nitrogens with one attached hydrogen (secondary N) is 2. The minimum absolute atomic E-state index is 0.0506. The second-order valence-corrected chi connectivity index (χ2v) is 6.41. The highest BCUT2D eigenvalue weighted by atomic mass is 16.7. The fraction of sp³-hybridized carbons (Fsp3) is 0.400. The second-order valence-electron chi connectivity index (χ2n) is 6.41. The number of rotatable bonds is 7. The van der Waals surface area contributed by atoms with Gasteiger partial charge in [0.1, 0.15) is 5.69 Å². The van der Waals surface area contributed by atoms with E-state index in [1.54, 1.807) is 6.92 Å². The molecule has 0 spiro atoms. The summed E-state index contributed by atoms with van der Waals surface area (Å²) < 4.78 is 15.7. The van der Waals surface area contributed by atoms with E-state index >= 15 is 0 Å². The van der Waals surface area contributed by atoms with Crippen LogP contribution in [0.15, 0.2) is 18.2 Å². The maximum Gasteiger partial charge on any atom is 0.355 e. The number of amides is 1. The largest absolute Gasteiger partial charge is 0.461 e. The zero-order chi connectivity index (χ0) is 19.4. The Kier molecular flexibility index (Phi) is 5.69. The molecule has 0 saturated heterocycles. The average molecular weight is 372 g/mol. The van der Waals surface area contributed by atoms with Crippen molar-refractivity contribution in [3.8, 4) is 11.5 Å². The first kappa shape index (κ1) is 18.8. The Balaban J connectivity index is 1.54. The molecule has 27 heavy (non-hydrogen) atoms. The van der Waals surface area contributed by atoms with Crippen LogP contribution in [0, 0.1) is 13.8 Å². The number of carbonyl (C=O) groups is 2. The molecular formula is C20H24N2O5. The van der Waals surface area contributed by atoms with Crippen molar-refractivity contribution in [1.82, 2.24) is 10.3 Å². The zero-order valence-electron chi connectivity index (χ0n) is 15.8. The third-order valence-corrected chi connectivity index (χ3v) is 4.60. The summed E-state index contributed by atoms with van der Waals surface area (Å²) in [6, 6.07) is 5.61. The van der Waals surface area contributed by atoms with Gasteiger partial charge in [-0.25, -0.2) is 4.79 Å². The molecule has 1 aromatic carbocycles. The maximum atomic E-state index is 12.2. The monoisotopic (exact) mass is 372 g/mol. The molecule has 1 aliphatic heterocycles. The van der Waals surface area contributed by atoms with Crippen LogP contribution in [0.3, 0.4) is 0 Å². The summed E-state index contributed by atoms with van der Waals surface area (Å²) in [5.74, 6) is 1.01. The number of esters is 1. The molecule has 7 nitrogen and oxygen atoms in total. The van der Waals surface area contributed by atoms with Crippen LogP contribution in [0.4, 0.5) is 0 Å². The lowest BCUT2D eigenvalue weighted by atomic mass is 10.0. The summed E-state index contributed by atoms with van der Waals surface area (Å²) in [6.07, 6.45) is 0.896. The number of fused-ring (bicyclic) bond motifs is 1. The number of H-pyrrole nitrogens is 1. The molecule has 0 unspecified atom stereocenters. The first-order valence-electron chi connectivity index (χ1n) is 9.00. The maximum absolute atomic E-state index is 12.2. The van der Waals surface area contributed by atoms with Gasteiger partial charge in [0.25, 0.3) is 0 Å². The highest BCUT2D eigenvalue weighted by Gasteiger charge is 2.19. The molecule has 2 heterocycles. The second kappa shape index (κ2) is 8.16. The van der Waals surface area contributed by atoms with Crippen molar-refractivity contribution in [1.29, 1.82) is 0 Å². The van der Waals surface area contributed by atoms with Gasteiger partial charge < -0.3 is 24.5 Å². The van der Waals surface area contributed by atoms with Gasteiger partial charge in [-0.15, -0.1) is 0 Å². The SMILES string of the molecule is CCOC(=O)c1[nH]c(C)c(CCC(=O)NCc2ccc3c(c2)OCO3)c1C. The van der Waals surface area contributed by atoms with E-state index in [0.29, 0.717) is 37.4 Å². The van der Waals surface area contributed by atoms with E-state index in [1.807, 2.05) is 32.0 Å². The summed E-state index contributed by atoms with van der Waals surface area (Å²) in [5.41, 5.74) is 4.13. The minimum atomic E-state index is -0.364. The number of aryl methyl sites for hydroxylation is 1. The first-order valence-corrected chi connectivity index (χ1v) is 9.00. The molecule has 1 amide bonds. The van der Waals surface area contributed by atoms with Crippen LogP contribution < -0.4 is 14.8 Å². The number of hydrogen-bond acceptors (Lipinski definition) is 5. The highest BCUT2D eigenvalue weighted by molar-refractivity contribution is 5.90. The van der Waals surface area contributed by atoms with Crippen molar-refractivity contribution in [3.05, 3.63) is 46.3 Å². The topological polar surface area (TPSA) is 89.7 Å². The molecule has 0 bridgehead atoms. The van der Waals surface area contributed by atoms with Crippen molar-refractivity contribution < 1.29 is 23.8 Å². The Hall–Kier alpha value is -2.96. The molecule has 0 fully saturated rings.